The molecule has 1 aliphatic heterocycles. The number of carboxylic acid groups (broad SMARTS) is 1. The number of amides is 1. The van der Waals surface area contributed by atoms with Crippen molar-refractivity contribution in [3.8, 4) is 0 Å². The fourth-order valence-electron chi connectivity index (χ4n) is 2.63. The van der Waals surface area contributed by atoms with Gasteiger partial charge in [-0.05, 0) is 23.3 Å². The summed E-state index contributed by atoms with van der Waals surface area (Å²) >= 11 is 0. The Balaban J connectivity index is 1.81. The van der Waals surface area contributed by atoms with Crippen molar-refractivity contribution in [1.82, 2.24) is 10.2 Å². The molecule has 1 saturated heterocycles. The first kappa shape index (κ1) is 14.3. The van der Waals surface area contributed by atoms with Crippen molar-refractivity contribution in [2.45, 2.75) is 12.7 Å². The lowest BCUT2D eigenvalue weighted by Gasteiger charge is -2.23. The molecular formula is C17H16N2O3. The third kappa shape index (κ3) is 2.99. The fourth-order valence-corrected chi connectivity index (χ4v) is 2.63. The Hall–Kier alpha value is -2.66. The van der Waals surface area contributed by atoms with Crippen molar-refractivity contribution in [2.24, 2.45) is 0 Å². The molecule has 5 heteroatoms. The van der Waals surface area contributed by atoms with E-state index in [1.54, 1.807) is 24.3 Å². The van der Waals surface area contributed by atoms with E-state index >= 15 is 0 Å². The summed E-state index contributed by atoms with van der Waals surface area (Å²) in [6.07, 6.45) is -0.226. The lowest BCUT2D eigenvalue weighted by atomic mass is 10.1. The lowest BCUT2D eigenvalue weighted by Crippen LogP contribution is -2.27. The molecular weight excluding hydrogens is 280 g/mol. The fraction of sp³-hybridized carbons (Fsp3) is 0.176. The van der Waals surface area contributed by atoms with Gasteiger partial charge in [0.2, 0.25) is 5.91 Å². The first-order valence-electron chi connectivity index (χ1n) is 7.04. The Labute approximate surface area is 128 Å². The van der Waals surface area contributed by atoms with Gasteiger partial charge in [0.25, 0.3) is 0 Å². The molecule has 2 aromatic carbocycles. The number of nitrogens with one attached hydrogen (secondary N) is 1. The molecule has 0 unspecified atom stereocenters. The number of benzene rings is 2. The van der Waals surface area contributed by atoms with Crippen LogP contribution in [0.3, 0.4) is 0 Å². The van der Waals surface area contributed by atoms with Crippen LogP contribution in [-0.4, -0.2) is 28.4 Å². The maximum absolute atomic E-state index is 11.8. The van der Waals surface area contributed by atoms with Crippen LogP contribution in [0.4, 0.5) is 0 Å². The SMILES string of the molecule is O=C1CN(Cc2ccccc2)[C@@H](c2ccc(C(=O)O)cc2)N1. The molecule has 112 valence electrons. The van der Waals surface area contributed by atoms with Crippen molar-refractivity contribution in [1.29, 1.82) is 0 Å². The van der Waals surface area contributed by atoms with Crippen LogP contribution in [0.1, 0.15) is 27.7 Å². The van der Waals surface area contributed by atoms with Crippen LogP contribution >= 0.6 is 0 Å². The van der Waals surface area contributed by atoms with Crippen molar-refractivity contribution < 1.29 is 14.7 Å². The summed E-state index contributed by atoms with van der Waals surface area (Å²) in [5.41, 5.74) is 2.25. The summed E-state index contributed by atoms with van der Waals surface area (Å²) in [6, 6.07) is 16.6. The van der Waals surface area contributed by atoms with Gasteiger partial charge in [-0.1, -0.05) is 42.5 Å². The minimum atomic E-state index is -0.955. The van der Waals surface area contributed by atoms with E-state index in [0.29, 0.717) is 13.1 Å². The molecule has 22 heavy (non-hydrogen) atoms. The molecule has 0 bridgehead atoms. The van der Waals surface area contributed by atoms with E-state index in [1.807, 2.05) is 35.2 Å². The second-order valence-corrected chi connectivity index (χ2v) is 5.29. The van der Waals surface area contributed by atoms with E-state index in [4.69, 9.17) is 5.11 Å². The molecule has 0 aromatic heterocycles. The van der Waals surface area contributed by atoms with Gasteiger partial charge in [-0.2, -0.15) is 0 Å². The Morgan fingerprint density at radius 3 is 2.45 bits per heavy atom. The number of rotatable bonds is 4. The topological polar surface area (TPSA) is 69.6 Å². The first-order valence-corrected chi connectivity index (χ1v) is 7.04. The van der Waals surface area contributed by atoms with E-state index in [0.717, 1.165) is 11.1 Å². The summed E-state index contributed by atoms with van der Waals surface area (Å²) in [7, 11) is 0. The smallest absolute Gasteiger partial charge is 0.335 e. The van der Waals surface area contributed by atoms with Crippen molar-refractivity contribution in [3.05, 3.63) is 71.3 Å². The molecule has 1 heterocycles. The molecule has 5 nitrogen and oxygen atoms in total. The molecule has 0 saturated carbocycles. The number of aromatic carboxylic acids is 1. The predicted octanol–water partition coefficient (Wildman–Crippen LogP) is 2.02. The number of carbonyl (C=O) groups excluding carboxylic acids is 1. The van der Waals surface area contributed by atoms with Crippen molar-refractivity contribution in [3.63, 3.8) is 0 Å². The molecule has 1 fully saturated rings. The van der Waals surface area contributed by atoms with Crippen LogP contribution < -0.4 is 5.32 Å². The number of nitrogens with zero attached hydrogens (tertiary/aromatic N) is 1. The monoisotopic (exact) mass is 296 g/mol. The van der Waals surface area contributed by atoms with Gasteiger partial charge in [0.15, 0.2) is 0 Å². The summed E-state index contributed by atoms with van der Waals surface area (Å²) in [5, 5.41) is 11.9. The van der Waals surface area contributed by atoms with E-state index < -0.39 is 5.97 Å². The first-order chi connectivity index (χ1) is 10.6. The van der Waals surface area contributed by atoms with Crippen LogP contribution in [0.15, 0.2) is 54.6 Å². The highest BCUT2D eigenvalue weighted by atomic mass is 16.4. The zero-order valence-corrected chi connectivity index (χ0v) is 11.9. The average molecular weight is 296 g/mol. The molecule has 0 spiro atoms. The summed E-state index contributed by atoms with van der Waals surface area (Å²) in [4.78, 5) is 24.7. The predicted molar refractivity (Wildman–Crippen MR) is 81.1 cm³/mol. The highest BCUT2D eigenvalue weighted by Gasteiger charge is 2.30. The van der Waals surface area contributed by atoms with Gasteiger partial charge < -0.3 is 10.4 Å². The minimum Gasteiger partial charge on any atom is -0.478 e. The maximum Gasteiger partial charge on any atom is 0.335 e. The normalized spacial score (nSPS) is 18.2. The molecule has 3 rings (SSSR count). The molecule has 1 aliphatic rings. The van der Waals surface area contributed by atoms with Crippen LogP contribution in [0.25, 0.3) is 0 Å². The minimum absolute atomic E-state index is 0.0248. The van der Waals surface area contributed by atoms with Crippen molar-refractivity contribution in [2.75, 3.05) is 6.54 Å². The van der Waals surface area contributed by atoms with Crippen LogP contribution in [0.2, 0.25) is 0 Å². The lowest BCUT2D eigenvalue weighted by molar-refractivity contribution is -0.118. The summed E-state index contributed by atoms with van der Waals surface area (Å²) < 4.78 is 0. The molecule has 1 atom stereocenters. The standard InChI is InChI=1S/C17H16N2O3/c20-15-11-19(10-12-4-2-1-3-5-12)16(18-15)13-6-8-14(9-7-13)17(21)22/h1-9,16H,10-11H2,(H,18,20)(H,21,22)/t16-/m0/s1. The Kier molecular flexibility index (Phi) is 3.89. The Morgan fingerprint density at radius 2 is 1.82 bits per heavy atom. The van der Waals surface area contributed by atoms with Gasteiger partial charge in [0.05, 0.1) is 12.1 Å². The third-order valence-corrected chi connectivity index (χ3v) is 3.71. The average Bonchev–Trinajstić information content (AvgIpc) is 2.89. The van der Waals surface area contributed by atoms with Crippen LogP contribution in [0, 0.1) is 0 Å². The zero-order valence-electron chi connectivity index (χ0n) is 11.9. The number of hydrogen-bond acceptors (Lipinski definition) is 3. The molecule has 2 N–H and O–H groups in total. The highest BCUT2D eigenvalue weighted by molar-refractivity contribution is 5.87. The quantitative estimate of drug-likeness (QED) is 0.905. The summed E-state index contributed by atoms with van der Waals surface area (Å²) in [6.45, 7) is 0.991. The van der Waals surface area contributed by atoms with Crippen LogP contribution in [-0.2, 0) is 11.3 Å². The Bertz CT molecular complexity index is 683. The van der Waals surface area contributed by atoms with E-state index in [9.17, 15) is 9.59 Å². The maximum atomic E-state index is 11.8. The van der Waals surface area contributed by atoms with Crippen LogP contribution in [0.5, 0.6) is 0 Å². The van der Waals surface area contributed by atoms with Gasteiger partial charge in [-0.15, -0.1) is 0 Å². The summed E-state index contributed by atoms with van der Waals surface area (Å²) in [5.74, 6) is -0.980. The zero-order chi connectivity index (χ0) is 15.5. The third-order valence-electron chi connectivity index (χ3n) is 3.71. The Morgan fingerprint density at radius 1 is 1.14 bits per heavy atom. The van der Waals surface area contributed by atoms with Gasteiger partial charge in [-0.25, -0.2) is 4.79 Å². The largest absolute Gasteiger partial charge is 0.478 e. The van der Waals surface area contributed by atoms with Crippen molar-refractivity contribution >= 4 is 11.9 Å². The van der Waals surface area contributed by atoms with Gasteiger partial charge >= 0.3 is 5.97 Å². The second kappa shape index (κ2) is 5.99. The van der Waals surface area contributed by atoms with E-state index in [1.165, 1.54) is 0 Å². The molecule has 2 aromatic rings. The second-order valence-electron chi connectivity index (χ2n) is 5.29. The van der Waals surface area contributed by atoms with Gasteiger partial charge in [0.1, 0.15) is 6.17 Å². The van der Waals surface area contributed by atoms with Gasteiger partial charge in [-0.3, -0.25) is 9.69 Å². The van der Waals surface area contributed by atoms with Gasteiger partial charge in [0, 0.05) is 6.54 Å². The molecule has 1 amide bonds. The highest BCUT2D eigenvalue weighted by Crippen LogP contribution is 2.24. The number of carboxylic acids is 1. The number of hydrogen-bond donors (Lipinski definition) is 2. The van der Waals surface area contributed by atoms with E-state index in [-0.39, 0.29) is 17.6 Å². The van der Waals surface area contributed by atoms with E-state index in [2.05, 4.69) is 5.32 Å². The molecule has 0 radical (unpaired) electrons. The molecule has 0 aliphatic carbocycles. The number of carbonyl (C=O) groups is 2.